The Labute approximate surface area is 236 Å². The zero-order chi connectivity index (χ0) is 28.1. The molecule has 0 radical (unpaired) electrons. The highest BCUT2D eigenvalue weighted by Crippen LogP contribution is 2.28. The quantitative estimate of drug-likeness (QED) is 0.392. The first-order chi connectivity index (χ1) is 19.4. The van der Waals surface area contributed by atoms with Gasteiger partial charge < -0.3 is 9.64 Å². The monoisotopic (exact) mass is 545 g/mol. The average Bonchev–Trinajstić information content (AvgIpc) is 2.95. The van der Waals surface area contributed by atoms with Gasteiger partial charge in [0.1, 0.15) is 17.4 Å². The van der Waals surface area contributed by atoms with Gasteiger partial charge in [-0.25, -0.2) is 14.2 Å². The number of hydrogen-bond donors (Lipinski definition) is 1. The first-order valence-electron chi connectivity index (χ1n) is 14.4. The molecule has 40 heavy (non-hydrogen) atoms. The molecule has 0 saturated carbocycles. The smallest absolute Gasteiger partial charge is 0.410 e. The van der Waals surface area contributed by atoms with Crippen LogP contribution < -0.4 is 15.0 Å². The number of pyridine rings is 1. The lowest BCUT2D eigenvalue weighted by Gasteiger charge is -2.48. The molecule has 212 valence electrons. The van der Waals surface area contributed by atoms with Gasteiger partial charge in [0.05, 0.1) is 11.9 Å². The fourth-order valence-corrected chi connectivity index (χ4v) is 6.04. The van der Waals surface area contributed by atoms with Crippen LogP contribution in [0.25, 0.3) is 0 Å². The third kappa shape index (κ3) is 6.80. The standard InChI is InChI=1S/C32H40FN5O2/c1-4-27-22-37(31-24(3)19-26(20-34-31)35-32(39)40-29-8-6-5-7-9-29)16-17-38(27)28-12-14-36(15-13-28)21-25-11-10-23(2)18-30(25)33/h5-11,18-20,27-28H,4,12-17,21-22H2,1-3H3,(H,35,39). The van der Waals surface area contributed by atoms with E-state index in [-0.39, 0.29) is 5.82 Å². The maximum atomic E-state index is 14.4. The lowest BCUT2D eigenvalue weighted by atomic mass is 9.97. The van der Waals surface area contributed by atoms with Crippen molar-refractivity contribution in [3.05, 3.63) is 83.3 Å². The summed E-state index contributed by atoms with van der Waals surface area (Å²) in [6.07, 6.45) is 4.47. The Morgan fingerprint density at radius 2 is 1.82 bits per heavy atom. The fraction of sp³-hybridized carbons (Fsp3) is 0.438. The third-order valence-corrected chi connectivity index (χ3v) is 8.18. The summed E-state index contributed by atoms with van der Waals surface area (Å²) in [7, 11) is 0. The molecule has 2 aliphatic rings. The number of para-hydroxylation sites is 1. The second-order valence-corrected chi connectivity index (χ2v) is 11.0. The van der Waals surface area contributed by atoms with E-state index >= 15 is 0 Å². The first kappa shape index (κ1) is 28.1. The van der Waals surface area contributed by atoms with Crippen molar-refractivity contribution in [3.63, 3.8) is 0 Å². The molecule has 1 atom stereocenters. The maximum absolute atomic E-state index is 14.4. The number of piperidine rings is 1. The normalized spacial score (nSPS) is 19.0. The number of carbonyl (C=O) groups excluding carboxylic acids is 1. The molecule has 3 heterocycles. The average molecular weight is 546 g/mol. The van der Waals surface area contributed by atoms with Gasteiger partial charge >= 0.3 is 6.09 Å². The van der Waals surface area contributed by atoms with Gasteiger partial charge in [0.25, 0.3) is 0 Å². The van der Waals surface area contributed by atoms with Crippen molar-refractivity contribution < 1.29 is 13.9 Å². The number of piperazine rings is 1. The molecule has 2 aromatic carbocycles. The second kappa shape index (κ2) is 12.8. The summed E-state index contributed by atoms with van der Waals surface area (Å²) < 4.78 is 19.7. The van der Waals surface area contributed by atoms with E-state index in [1.165, 1.54) is 0 Å². The summed E-state index contributed by atoms with van der Waals surface area (Å²) >= 11 is 0. The number of nitrogens with zero attached hydrogens (tertiary/aromatic N) is 4. The molecule has 1 amide bonds. The number of anilines is 2. The number of halogens is 1. The molecular formula is C32H40FN5O2. The predicted octanol–water partition coefficient (Wildman–Crippen LogP) is 6.01. The number of hydrogen-bond acceptors (Lipinski definition) is 6. The Bertz CT molecular complexity index is 1300. The van der Waals surface area contributed by atoms with Gasteiger partial charge in [0.15, 0.2) is 0 Å². The number of benzene rings is 2. The van der Waals surface area contributed by atoms with E-state index in [1.807, 2.05) is 50.2 Å². The van der Waals surface area contributed by atoms with Gasteiger partial charge in [-0.05, 0) is 81.6 Å². The summed E-state index contributed by atoms with van der Waals surface area (Å²) in [5.74, 6) is 1.37. The molecule has 7 nitrogen and oxygen atoms in total. The number of nitrogens with one attached hydrogen (secondary N) is 1. The highest BCUT2D eigenvalue weighted by molar-refractivity contribution is 5.86. The Morgan fingerprint density at radius 1 is 1.05 bits per heavy atom. The zero-order valence-corrected chi connectivity index (χ0v) is 23.8. The van der Waals surface area contributed by atoms with Gasteiger partial charge in [-0.1, -0.05) is 37.3 Å². The molecular weight excluding hydrogens is 505 g/mol. The minimum Gasteiger partial charge on any atom is -0.410 e. The summed E-state index contributed by atoms with van der Waals surface area (Å²) in [4.78, 5) is 24.5. The second-order valence-electron chi connectivity index (χ2n) is 11.0. The molecule has 1 N–H and O–H groups in total. The molecule has 2 saturated heterocycles. The molecule has 2 aliphatic heterocycles. The number of rotatable bonds is 7. The fourth-order valence-electron chi connectivity index (χ4n) is 6.04. The minimum absolute atomic E-state index is 0.0934. The van der Waals surface area contributed by atoms with Gasteiger partial charge in [0, 0.05) is 43.8 Å². The molecule has 5 rings (SSSR count). The van der Waals surface area contributed by atoms with E-state index in [0.717, 1.165) is 74.5 Å². The topological polar surface area (TPSA) is 60.9 Å². The summed E-state index contributed by atoms with van der Waals surface area (Å²) in [5, 5.41) is 2.78. The van der Waals surface area contributed by atoms with Crippen molar-refractivity contribution in [2.45, 2.75) is 58.7 Å². The minimum atomic E-state index is -0.533. The van der Waals surface area contributed by atoms with Crippen molar-refractivity contribution in [1.82, 2.24) is 14.8 Å². The molecule has 3 aromatic rings. The van der Waals surface area contributed by atoms with Crippen LogP contribution >= 0.6 is 0 Å². The maximum Gasteiger partial charge on any atom is 0.417 e. The number of ether oxygens (including phenoxy) is 1. The number of likely N-dealkylation sites (tertiary alicyclic amines) is 1. The van der Waals surface area contributed by atoms with E-state index in [9.17, 15) is 9.18 Å². The van der Waals surface area contributed by atoms with Crippen molar-refractivity contribution in [3.8, 4) is 5.75 Å². The van der Waals surface area contributed by atoms with Crippen LogP contribution in [0, 0.1) is 19.7 Å². The Balaban J connectivity index is 1.14. The zero-order valence-electron chi connectivity index (χ0n) is 23.8. The SMILES string of the molecule is CCC1CN(c2ncc(NC(=O)Oc3ccccc3)cc2C)CCN1C1CCN(Cc2ccc(C)cc2F)CC1. The lowest BCUT2D eigenvalue weighted by Crippen LogP contribution is -2.58. The predicted molar refractivity (Wildman–Crippen MR) is 157 cm³/mol. The van der Waals surface area contributed by atoms with Gasteiger partial charge in [0.2, 0.25) is 0 Å². The van der Waals surface area contributed by atoms with Crippen LogP contribution in [0.5, 0.6) is 5.75 Å². The molecule has 1 aromatic heterocycles. The van der Waals surface area contributed by atoms with E-state index in [1.54, 1.807) is 24.4 Å². The highest BCUT2D eigenvalue weighted by Gasteiger charge is 2.34. The number of amides is 1. The molecule has 8 heteroatoms. The van der Waals surface area contributed by atoms with Crippen molar-refractivity contribution in [2.75, 3.05) is 42.9 Å². The van der Waals surface area contributed by atoms with Gasteiger partial charge in [-0.3, -0.25) is 15.1 Å². The first-order valence-corrected chi connectivity index (χ1v) is 14.4. The number of aryl methyl sites for hydroxylation is 2. The van der Waals surface area contributed by atoms with Crippen molar-refractivity contribution in [2.24, 2.45) is 0 Å². The van der Waals surface area contributed by atoms with E-state index in [4.69, 9.17) is 9.72 Å². The Hall–Kier alpha value is -3.49. The molecule has 1 unspecified atom stereocenters. The third-order valence-electron chi connectivity index (χ3n) is 8.18. The van der Waals surface area contributed by atoms with Crippen LogP contribution in [0.15, 0.2) is 60.8 Å². The Kier molecular flexibility index (Phi) is 8.97. The molecule has 0 spiro atoms. The van der Waals surface area contributed by atoms with Gasteiger partial charge in [-0.15, -0.1) is 0 Å². The molecule has 2 fully saturated rings. The highest BCUT2D eigenvalue weighted by atomic mass is 19.1. The number of aromatic nitrogens is 1. The molecule has 0 bridgehead atoms. The van der Waals surface area contributed by atoms with Crippen LogP contribution in [0.1, 0.15) is 42.9 Å². The summed E-state index contributed by atoms with van der Waals surface area (Å²) in [6.45, 7) is 11.8. The van der Waals surface area contributed by atoms with Crippen LogP contribution in [0.3, 0.4) is 0 Å². The van der Waals surface area contributed by atoms with E-state index < -0.39 is 6.09 Å². The van der Waals surface area contributed by atoms with Crippen LogP contribution in [-0.2, 0) is 6.54 Å². The largest absolute Gasteiger partial charge is 0.417 e. The van der Waals surface area contributed by atoms with E-state index in [2.05, 4.69) is 26.9 Å². The van der Waals surface area contributed by atoms with E-state index in [0.29, 0.717) is 30.1 Å². The Morgan fingerprint density at radius 3 is 2.52 bits per heavy atom. The van der Waals surface area contributed by atoms with Crippen LogP contribution in [-0.4, -0.2) is 65.7 Å². The summed E-state index contributed by atoms with van der Waals surface area (Å²) in [5.41, 5.74) is 3.40. The van der Waals surface area contributed by atoms with Gasteiger partial charge in [-0.2, -0.15) is 0 Å². The number of carbonyl (C=O) groups is 1. The lowest BCUT2D eigenvalue weighted by molar-refractivity contribution is 0.0607. The van der Waals surface area contributed by atoms with Crippen molar-refractivity contribution >= 4 is 17.6 Å². The van der Waals surface area contributed by atoms with Crippen molar-refractivity contribution in [1.29, 1.82) is 0 Å². The molecule has 0 aliphatic carbocycles. The summed E-state index contributed by atoms with van der Waals surface area (Å²) in [6, 6.07) is 17.5. The van der Waals surface area contributed by atoms with Crippen LogP contribution in [0.2, 0.25) is 0 Å². The van der Waals surface area contributed by atoms with Crippen LogP contribution in [0.4, 0.5) is 20.7 Å².